The number of hydrogen-bond donors (Lipinski definition) is 1. The number of halogens is 2. The summed E-state index contributed by atoms with van der Waals surface area (Å²) in [7, 11) is 0. The van der Waals surface area contributed by atoms with Crippen LogP contribution in [0.2, 0.25) is 10.3 Å². The molecule has 1 N–H and O–H groups in total. The van der Waals surface area contributed by atoms with Gasteiger partial charge in [0.25, 0.3) is 0 Å². The molecule has 0 radical (unpaired) electrons. The van der Waals surface area contributed by atoms with Crippen LogP contribution in [-0.4, -0.2) is 15.0 Å². The molecular formula is C11H6Cl2N4S. The molecule has 0 aliphatic carbocycles. The van der Waals surface area contributed by atoms with Crippen molar-refractivity contribution in [3.05, 3.63) is 40.6 Å². The number of nitrogens with zero attached hydrogens (tertiary/aromatic N) is 3. The second kappa shape index (κ2) is 4.68. The topological polar surface area (TPSA) is 50.7 Å². The molecular weight excluding hydrogens is 291 g/mol. The molecule has 0 aliphatic rings. The Labute approximate surface area is 117 Å². The molecule has 90 valence electrons. The molecule has 3 aromatic rings. The molecule has 0 saturated heterocycles. The van der Waals surface area contributed by atoms with E-state index in [1.807, 2.05) is 24.3 Å². The molecule has 0 aliphatic heterocycles. The van der Waals surface area contributed by atoms with Gasteiger partial charge < -0.3 is 0 Å². The Bertz CT molecular complexity index is 660. The third-order valence-corrected chi connectivity index (χ3v) is 3.52. The standard InChI is InChI=1S/C11H6Cl2N4S/c12-8-5-9(13)16-10(15-8)17-11-14-6-3-1-2-4-7(6)18-11/h1-5H,(H,14,15,16,17). The maximum Gasteiger partial charge on any atom is 0.231 e. The van der Waals surface area contributed by atoms with E-state index in [0.717, 1.165) is 10.2 Å². The predicted molar refractivity (Wildman–Crippen MR) is 75.0 cm³/mol. The summed E-state index contributed by atoms with van der Waals surface area (Å²) in [6.07, 6.45) is 0. The molecule has 0 bridgehead atoms. The minimum absolute atomic E-state index is 0.290. The molecule has 1 aromatic carbocycles. The highest BCUT2D eigenvalue weighted by molar-refractivity contribution is 7.22. The molecule has 4 nitrogen and oxygen atoms in total. The summed E-state index contributed by atoms with van der Waals surface area (Å²) < 4.78 is 1.09. The first-order valence-electron chi connectivity index (χ1n) is 5.03. The van der Waals surface area contributed by atoms with Crippen LogP contribution in [0.3, 0.4) is 0 Å². The molecule has 0 spiro atoms. The van der Waals surface area contributed by atoms with Crippen LogP contribution in [0.25, 0.3) is 10.2 Å². The van der Waals surface area contributed by atoms with Gasteiger partial charge in [-0.1, -0.05) is 46.7 Å². The number of thiazole rings is 1. The van der Waals surface area contributed by atoms with Crippen LogP contribution < -0.4 is 5.32 Å². The Kier molecular flexibility index (Phi) is 3.03. The van der Waals surface area contributed by atoms with Gasteiger partial charge in [-0.25, -0.2) is 15.0 Å². The van der Waals surface area contributed by atoms with E-state index >= 15 is 0 Å². The zero-order chi connectivity index (χ0) is 12.5. The van der Waals surface area contributed by atoms with Crippen molar-refractivity contribution in [1.82, 2.24) is 15.0 Å². The number of nitrogens with one attached hydrogen (secondary N) is 1. The van der Waals surface area contributed by atoms with Crippen molar-refractivity contribution >= 4 is 55.8 Å². The summed E-state index contributed by atoms with van der Waals surface area (Å²) in [6, 6.07) is 9.34. The Hall–Kier alpha value is -1.43. The van der Waals surface area contributed by atoms with Gasteiger partial charge in [-0.2, -0.15) is 0 Å². The van der Waals surface area contributed by atoms with Gasteiger partial charge in [-0.05, 0) is 12.1 Å². The van der Waals surface area contributed by atoms with Crippen molar-refractivity contribution in [2.75, 3.05) is 5.32 Å². The van der Waals surface area contributed by atoms with Crippen molar-refractivity contribution in [1.29, 1.82) is 0 Å². The fourth-order valence-corrected chi connectivity index (χ4v) is 2.75. The third-order valence-electron chi connectivity index (χ3n) is 2.18. The molecule has 0 unspecified atom stereocenters. The van der Waals surface area contributed by atoms with Gasteiger partial charge in [0, 0.05) is 6.07 Å². The molecule has 0 fully saturated rings. The normalized spacial score (nSPS) is 10.8. The van der Waals surface area contributed by atoms with Crippen molar-refractivity contribution in [3.8, 4) is 0 Å². The lowest BCUT2D eigenvalue weighted by molar-refractivity contribution is 1.16. The first kappa shape index (κ1) is 11.6. The third kappa shape index (κ3) is 2.38. The average Bonchev–Trinajstić information content (AvgIpc) is 2.69. The highest BCUT2D eigenvalue weighted by Gasteiger charge is 2.06. The number of benzene rings is 1. The summed E-state index contributed by atoms with van der Waals surface area (Å²) in [5.41, 5.74) is 0.929. The van der Waals surface area contributed by atoms with E-state index in [2.05, 4.69) is 20.3 Å². The fraction of sp³-hybridized carbons (Fsp3) is 0. The van der Waals surface area contributed by atoms with Crippen LogP contribution in [0.15, 0.2) is 30.3 Å². The van der Waals surface area contributed by atoms with Gasteiger partial charge in [0.2, 0.25) is 5.95 Å². The zero-order valence-electron chi connectivity index (χ0n) is 8.89. The maximum absolute atomic E-state index is 5.80. The highest BCUT2D eigenvalue weighted by Crippen LogP contribution is 2.27. The summed E-state index contributed by atoms with van der Waals surface area (Å²) >= 11 is 13.1. The van der Waals surface area contributed by atoms with Gasteiger partial charge in [0.15, 0.2) is 5.13 Å². The molecule has 2 heterocycles. The molecule has 3 rings (SSSR count). The number of rotatable bonds is 2. The zero-order valence-corrected chi connectivity index (χ0v) is 11.2. The lowest BCUT2D eigenvalue weighted by Crippen LogP contribution is -1.96. The van der Waals surface area contributed by atoms with Crippen molar-refractivity contribution < 1.29 is 0 Å². The SMILES string of the molecule is Clc1cc(Cl)nc(Nc2nc3ccccc3s2)n1. The lowest BCUT2D eigenvalue weighted by atomic mass is 10.3. The lowest BCUT2D eigenvalue weighted by Gasteiger charge is -2.00. The molecule has 2 aromatic heterocycles. The fourth-order valence-electron chi connectivity index (χ4n) is 1.47. The highest BCUT2D eigenvalue weighted by atomic mass is 35.5. The first-order chi connectivity index (χ1) is 8.70. The van der Waals surface area contributed by atoms with E-state index in [-0.39, 0.29) is 0 Å². The molecule has 18 heavy (non-hydrogen) atoms. The summed E-state index contributed by atoms with van der Waals surface area (Å²) in [5, 5.41) is 4.28. The van der Waals surface area contributed by atoms with Crippen LogP contribution in [0.5, 0.6) is 0 Å². The Morgan fingerprint density at radius 1 is 1.00 bits per heavy atom. The van der Waals surface area contributed by atoms with Crippen molar-refractivity contribution in [2.45, 2.75) is 0 Å². The van der Waals surface area contributed by atoms with Crippen LogP contribution in [-0.2, 0) is 0 Å². The van der Waals surface area contributed by atoms with Crippen molar-refractivity contribution in [2.24, 2.45) is 0 Å². The van der Waals surface area contributed by atoms with Gasteiger partial charge in [-0.15, -0.1) is 0 Å². The second-order valence-corrected chi connectivity index (χ2v) is 5.25. The number of hydrogen-bond acceptors (Lipinski definition) is 5. The van der Waals surface area contributed by atoms with E-state index in [0.29, 0.717) is 21.4 Å². The Balaban J connectivity index is 1.96. The summed E-state index contributed by atoms with van der Waals surface area (Å²) in [4.78, 5) is 12.5. The van der Waals surface area contributed by atoms with E-state index in [1.165, 1.54) is 17.4 Å². The van der Waals surface area contributed by atoms with Crippen LogP contribution in [0.4, 0.5) is 11.1 Å². The number of fused-ring (bicyclic) bond motifs is 1. The summed E-state index contributed by atoms with van der Waals surface area (Å²) in [6.45, 7) is 0. The second-order valence-electron chi connectivity index (χ2n) is 3.45. The Morgan fingerprint density at radius 2 is 1.72 bits per heavy atom. The van der Waals surface area contributed by atoms with E-state index < -0.39 is 0 Å². The number of aromatic nitrogens is 3. The monoisotopic (exact) mass is 296 g/mol. The predicted octanol–water partition coefficient (Wildman–Crippen LogP) is 4.14. The quantitative estimate of drug-likeness (QED) is 0.722. The largest absolute Gasteiger partial charge is 0.300 e. The molecule has 0 atom stereocenters. The maximum atomic E-state index is 5.80. The van der Waals surface area contributed by atoms with Gasteiger partial charge in [0.1, 0.15) is 10.3 Å². The van der Waals surface area contributed by atoms with Gasteiger partial charge in [0.05, 0.1) is 10.2 Å². The first-order valence-corrected chi connectivity index (χ1v) is 6.60. The van der Waals surface area contributed by atoms with Crippen LogP contribution in [0, 0.1) is 0 Å². The van der Waals surface area contributed by atoms with Crippen LogP contribution in [0.1, 0.15) is 0 Å². The van der Waals surface area contributed by atoms with E-state index in [4.69, 9.17) is 23.2 Å². The minimum atomic E-state index is 0.290. The Morgan fingerprint density at radius 3 is 2.44 bits per heavy atom. The molecule has 0 saturated carbocycles. The molecule has 7 heteroatoms. The van der Waals surface area contributed by atoms with Gasteiger partial charge >= 0.3 is 0 Å². The van der Waals surface area contributed by atoms with E-state index in [1.54, 1.807) is 0 Å². The molecule has 0 amide bonds. The average molecular weight is 297 g/mol. The number of anilines is 2. The summed E-state index contributed by atoms with van der Waals surface area (Å²) in [5.74, 6) is 0.339. The van der Waals surface area contributed by atoms with Crippen LogP contribution >= 0.6 is 34.5 Å². The van der Waals surface area contributed by atoms with Crippen molar-refractivity contribution in [3.63, 3.8) is 0 Å². The minimum Gasteiger partial charge on any atom is -0.300 e. The number of para-hydroxylation sites is 1. The van der Waals surface area contributed by atoms with Gasteiger partial charge in [-0.3, -0.25) is 5.32 Å². The smallest absolute Gasteiger partial charge is 0.231 e. The van der Waals surface area contributed by atoms with E-state index in [9.17, 15) is 0 Å².